The molecule has 0 radical (unpaired) electrons. The van der Waals surface area contributed by atoms with Crippen LogP contribution in [0.25, 0.3) is 11.1 Å². The number of rotatable bonds is 3. The predicted octanol–water partition coefficient (Wildman–Crippen LogP) is 4.08. The second-order valence-electron chi connectivity index (χ2n) is 3.96. The molecule has 0 aliphatic heterocycles. The first kappa shape index (κ1) is 13.2. The van der Waals surface area contributed by atoms with Gasteiger partial charge in [-0.15, -0.1) is 0 Å². The maximum Gasteiger partial charge on any atom is 0.338 e. The Bertz CT molecular complexity index is 577. The Morgan fingerprint density at radius 3 is 2.26 bits per heavy atom. The molecule has 0 saturated carbocycles. The fourth-order valence-electron chi connectivity index (χ4n) is 1.83. The minimum absolute atomic E-state index is 0.0423. The lowest BCUT2D eigenvalue weighted by molar-refractivity contribution is 0.0601. The summed E-state index contributed by atoms with van der Waals surface area (Å²) in [6.07, 6.45) is -2.50. The first-order valence-electron chi connectivity index (χ1n) is 5.69. The lowest BCUT2D eigenvalue weighted by Gasteiger charge is -2.08. The third kappa shape index (κ3) is 2.78. The highest BCUT2D eigenvalue weighted by Crippen LogP contribution is 2.27. The molecule has 98 valence electrons. The van der Waals surface area contributed by atoms with Crippen molar-refractivity contribution in [2.75, 3.05) is 7.11 Å². The number of alkyl halides is 2. The largest absolute Gasteiger partial charge is 0.465 e. The van der Waals surface area contributed by atoms with E-state index >= 15 is 0 Å². The summed E-state index contributed by atoms with van der Waals surface area (Å²) < 4.78 is 29.7. The highest BCUT2D eigenvalue weighted by molar-refractivity contribution is 5.97. The maximum atomic E-state index is 12.5. The quantitative estimate of drug-likeness (QED) is 0.779. The molecule has 0 aromatic heterocycles. The number of carbonyl (C=O) groups excluding carboxylic acids is 1. The van der Waals surface area contributed by atoms with Crippen LogP contribution in [0, 0.1) is 0 Å². The van der Waals surface area contributed by atoms with Crippen molar-refractivity contribution >= 4 is 5.97 Å². The van der Waals surface area contributed by atoms with Crippen LogP contribution in [-0.4, -0.2) is 13.1 Å². The van der Waals surface area contributed by atoms with Gasteiger partial charge in [-0.1, -0.05) is 42.5 Å². The summed E-state index contributed by atoms with van der Waals surface area (Å²) in [4.78, 5) is 11.6. The number of hydrogen-bond donors (Lipinski definition) is 0. The molecule has 19 heavy (non-hydrogen) atoms. The first-order chi connectivity index (χ1) is 9.13. The van der Waals surface area contributed by atoms with Gasteiger partial charge >= 0.3 is 5.97 Å². The molecule has 2 nitrogen and oxygen atoms in total. The Kier molecular flexibility index (Phi) is 3.90. The minimum Gasteiger partial charge on any atom is -0.465 e. The second kappa shape index (κ2) is 5.61. The van der Waals surface area contributed by atoms with E-state index in [4.69, 9.17) is 4.74 Å². The van der Waals surface area contributed by atoms with Crippen LogP contribution in [-0.2, 0) is 4.74 Å². The molecule has 0 aliphatic rings. The van der Waals surface area contributed by atoms with Gasteiger partial charge in [0.1, 0.15) is 0 Å². The average Bonchev–Trinajstić information content (AvgIpc) is 2.46. The SMILES string of the molecule is COC(=O)c1ccccc1-c1ccc(C(F)F)cc1. The van der Waals surface area contributed by atoms with Crippen LogP contribution < -0.4 is 0 Å². The Balaban J connectivity index is 2.44. The Labute approximate surface area is 109 Å². The zero-order chi connectivity index (χ0) is 13.8. The van der Waals surface area contributed by atoms with Crippen molar-refractivity contribution in [3.63, 3.8) is 0 Å². The van der Waals surface area contributed by atoms with Crippen molar-refractivity contribution in [3.05, 3.63) is 59.7 Å². The predicted molar refractivity (Wildman–Crippen MR) is 68.2 cm³/mol. The number of ether oxygens (including phenoxy) is 1. The van der Waals surface area contributed by atoms with Gasteiger partial charge in [-0.2, -0.15) is 0 Å². The minimum atomic E-state index is -2.50. The highest BCUT2D eigenvalue weighted by Gasteiger charge is 2.13. The monoisotopic (exact) mass is 262 g/mol. The summed E-state index contributed by atoms with van der Waals surface area (Å²) in [5.74, 6) is -0.450. The molecule has 0 bridgehead atoms. The van der Waals surface area contributed by atoms with Gasteiger partial charge in [-0.25, -0.2) is 13.6 Å². The first-order valence-corrected chi connectivity index (χ1v) is 5.69. The molecule has 0 fully saturated rings. The summed E-state index contributed by atoms with van der Waals surface area (Å²) in [6.45, 7) is 0. The van der Waals surface area contributed by atoms with E-state index in [9.17, 15) is 13.6 Å². The van der Waals surface area contributed by atoms with E-state index in [1.807, 2.05) is 0 Å². The van der Waals surface area contributed by atoms with Crippen LogP contribution in [0.3, 0.4) is 0 Å². The van der Waals surface area contributed by atoms with E-state index in [2.05, 4.69) is 0 Å². The van der Waals surface area contributed by atoms with Gasteiger partial charge in [0.25, 0.3) is 6.43 Å². The molecule has 0 saturated heterocycles. The van der Waals surface area contributed by atoms with Gasteiger partial charge in [-0.3, -0.25) is 0 Å². The molecule has 0 heterocycles. The summed E-state index contributed by atoms with van der Waals surface area (Å²) in [6, 6.07) is 12.8. The van der Waals surface area contributed by atoms with Crippen LogP contribution in [0.15, 0.2) is 48.5 Å². The lowest BCUT2D eigenvalue weighted by atomic mass is 9.99. The lowest BCUT2D eigenvalue weighted by Crippen LogP contribution is -2.03. The molecule has 0 unspecified atom stereocenters. The van der Waals surface area contributed by atoms with Gasteiger partial charge in [0.05, 0.1) is 12.7 Å². The number of hydrogen-bond acceptors (Lipinski definition) is 2. The Morgan fingerprint density at radius 2 is 1.68 bits per heavy atom. The highest BCUT2D eigenvalue weighted by atomic mass is 19.3. The number of esters is 1. The van der Waals surface area contributed by atoms with E-state index in [-0.39, 0.29) is 5.56 Å². The van der Waals surface area contributed by atoms with Crippen molar-refractivity contribution < 1.29 is 18.3 Å². The molecule has 2 aromatic rings. The van der Waals surface area contributed by atoms with Crippen molar-refractivity contribution in [3.8, 4) is 11.1 Å². The van der Waals surface area contributed by atoms with Gasteiger partial charge in [-0.05, 0) is 17.2 Å². The van der Waals surface area contributed by atoms with Crippen molar-refractivity contribution in [1.29, 1.82) is 0 Å². The molecule has 0 atom stereocenters. The summed E-state index contributed by atoms with van der Waals surface area (Å²) in [5, 5.41) is 0. The number of halogens is 2. The zero-order valence-electron chi connectivity index (χ0n) is 10.3. The molecular weight excluding hydrogens is 250 g/mol. The van der Waals surface area contributed by atoms with Crippen LogP contribution in [0.2, 0.25) is 0 Å². The van der Waals surface area contributed by atoms with E-state index < -0.39 is 12.4 Å². The second-order valence-corrected chi connectivity index (χ2v) is 3.96. The van der Waals surface area contributed by atoms with E-state index in [1.54, 1.807) is 36.4 Å². The summed E-state index contributed by atoms with van der Waals surface area (Å²) >= 11 is 0. The molecule has 2 aromatic carbocycles. The molecule has 4 heteroatoms. The average molecular weight is 262 g/mol. The van der Waals surface area contributed by atoms with Crippen molar-refractivity contribution in [1.82, 2.24) is 0 Å². The normalized spacial score (nSPS) is 10.5. The van der Waals surface area contributed by atoms with Gasteiger partial charge in [0.2, 0.25) is 0 Å². The fraction of sp³-hybridized carbons (Fsp3) is 0.133. The Hall–Kier alpha value is -2.23. The molecular formula is C15H12F2O2. The van der Waals surface area contributed by atoms with E-state index in [1.165, 1.54) is 19.2 Å². The van der Waals surface area contributed by atoms with Gasteiger partial charge < -0.3 is 4.74 Å². The smallest absolute Gasteiger partial charge is 0.338 e. The summed E-state index contributed by atoms with van der Waals surface area (Å²) in [7, 11) is 1.30. The van der Waals surface area contributed by atoms with Crippen LogP contribution in [0.1, 0.15) is 22.3 Å². The molecule has 0 aliphatic carbocycles. The van der Waals surface area contributed by atoms with Gasteiger partial charge in [0, 0.05) is 5.56 Å². The van der Waals surface area contributed by atoms with Crippen LogP contribution in [0.5, 0.6) is 0 Å². The molecule has 0 N–H and O–H groups in total. The molecule has 0 spiro atoms. The third-order valence-electron chi connectivity index (χ3n) is 2.81. The van der Waals surface area contributed by atoms with E-state index in [0.29, 0.717) is 16.7 Å². The molecule has 0 amide bonds. The maximum absolute atomic E-state index is 12.5. The van der Waals surface area contributed by atoms with Crippen molar-refractivity contribution in [2.24, 2.45) is 0 Å². The number of carbonyl (C=O) groups is 1. The summed E-state index contributed by atoms with van der Waals surface area (Å²) in [5.41, 5.74) is 1.73. The molecule has 2 rings (SSSR count). The standard InChI is InChI=1S/C15H12F2O2/c1-19-15(18)13-5-3-2-4-12(13)10-6-8-11(9-7-10)14(16)17/h2-9,14H,1H3. The third-order valence-corrected chi connectivity index (χ3v) is 2.81. The van der Waals surface area contributed by atoms with E-state index in [0.717, 1.165) is 0 Å². The van der Waals surface area contributed by atoms with Crippen molar-refractivity contribution in [2.45, 2.75) is 6.43 Å². The zero-order valence-corrected chi connectivity index (χ0v) is 10.3. The Morgan fingerprint density at radius 1 is 1.05 bits per heavy atom. The topological polar surface area (TPSA) is 26.3 Å². The number of benzene rings is 2. The van der Waals surface area contributed by atoms with Crippen LogP contribution >= 0.6 is 0 Å². The van der Waals surface area contributed by atoms with Crippen LogP contribution in [0.4, 0.5) is 8.78 Å². The van der Waals surface area contributed by atoms with Gasteiger partial charge in [0.15, 0.2) is 0 Å². The fourth-order valence-corrected chi connectivity index (χ4v) is 1.83. The number of methoxy groups -OCH3 is 1.